The third-order valence-corrected chi connectivity index (χ3v) is 1.95. The van der Waals surface area contributed by atoms with E-state index in [9.17, 15) is 35.9 Å². The van der Waals surface area contributed by atoms with E-state index in [4.69, 9.17) is 0 Å². The second kappa shape index (κ2) is 4.92. The van der Waals surface area contributed by atoms with Crippen LogP contribution in [0.15, 0.2) is 0 Å². The Labute approximate surface area is 92.4 Å². The van der Waals surface area contributed by atoms with Crippen LogP contribution in [-0.4, -0.2) is 35.1 Å². The van der Waals surface area contributed by atoms with Gasteiger partial charge in [0, 0.05) is 6.04 Å². The number of halogens is 6. The Kier molecular flexibility index (Phi) is 4.55. The third-order valence-electron chi connectivity index (χ3n) is 1.95. The van der Waals surface area contributed by atoms with Crippen molar-refractivity contribution in [3.05, 3.63) is 0 Å². The van der Waals surface area contributed by atoms with Crippen LogP contribution in [0.25, 0.3) is 0 Å². The van der Waals surface area contributed by atoms with Gasteiger partial charge in [0.05, 0.1) is 0 Å². The summed E-state index contributed by atoms with van der Waals surface area (Å²) in [5.74, 6) is -5.62. The fourth-order valence-electron chi connectivity index (χ4n) is 0.948. The van der Waals surface area contributed by atoms with Crippen molar-refractivity contribution in [2.75, 3.05) is 0 Å². The van der Waals surface area contributed by atoms with Crippen LogP contribution in [0.4, 0.5) is 26.3 Å². The van der Waals surface area contributed by atoms with E-state index >= 15 is 0 Å². The van der Waals surface area contributed by atoms with Gasteiger partial charge in [0.25, 0.3) is 0 Å². The normalized spacial score (nSPS) is 14.4. The lowest BCUT2D eigenvalue weighted by Crippen LogP contribution is -2.53. The number of hydrogen-bond acceptors (Lipinski definition) is 2. The van der Waals surface area contributed by atoms with Crippen molar-refractivity contribution < 1.29 is 35.9 Å². The molecule has 2 amide bonds. The first-order valence-corrected chi connectivity index (χ1v) is 4.44. The SMILES string of the molecule is CCC(C)N(C(=O)C(F)(F)F)C(=O)C(F)(F)F. The third kappa shape index (κ3) is 3.90. The van der Waals surface area contributed by atoms with Crippen LogP contribution in [0.1, 0.15) is 20.3 Å². The van der Waals surface area contributed by atoms with Gasteiger partial charge in [-0.3, -0.25) is 14.5 Å². The average Bonchev–Trinajstić information content (AvgIpc) is 2.14. The average molecular weight is 265 g/mol. The van der Waals surface area contributed by atoms with Crippen LogP contribution < -0.4 is 0 Å². The molecule has 0 heterocycles. The highest BCUT2D eigenvalue weighted by molar-refractivity contribution is 6.00. The van der Waals surface area contributed by atoms with Crippen molar-refractivity contribution in [2.45, 2.75) is 38.7 Å². The van der Waals surface area contributed by atoms with E-state index in [0.29, 0.717) is 0 Å². The lowest BCUT2D eigenvalue weighted by Gasteiger charge is -2.27. The molecule has 0 saturated heterocycles. The Balaban J connectivity index is 5.32. The van der Waals surface area contributed by atoms with Crippen molar-refractivity contribution in [1.29, 1.82) is 0 Å². The monoisotopic (exact) mass is 265 g/mol. The van der Waals surface area contributed by atoms with Crippen molar-refractivity contribution in [3.63, 3.8) is 0 Å². The number of nitrogens with zero attached hydrogens (tertiary/aromatic N) is 1. The Morgan fingerprint density at radius 3 is 1.47 bits per heavy atom. The Morgan fingerprint density at radius 1 is 1.00 bits per heavy atom. The minimum atomic E-state index is -5.52. The number of hydrogen-bond donors (Lipinski definition) is 0. The Hall–Kier alpha value is -1.28. The molecule has 0 rings (SSSR count). The zero-order valence-corrected chi connectivity index (χ0v) is 8.82. The number of carbonyl (C=O) groups excluding carboxylic acids is 2. The summed E-state index contributed by atoms with van der Waals surface area (Å²) in [5, 5.41) is 0. The highest BCUT2D eigenvalue weighted by Crippen LogP contribution is 2.26. The second-order valence-electron chi connectivity index (χ2n) is 3.23. The largest absolute Gasteiger partial charge is 0.471 e. The molecule has 0 fully saturated rings. The molecule has 3 nitrogen and oxygen atoms in total. The van der Waals surface area contributed by atoms with Crippen LogP contribution in [-0.2, 0) is 9.59 Å². The summed E-state index contributed by atoms with van der Waals surface area (Å²) in [7, 11) is 0. The summed E-state index contributed by atoms with van der Waals surface area (Å²) in [6.07, 6.45) is -11.3. The summed E-state index contributed by atoms with van der Waals surface area (Å²) in [5.41, 5.74) is 0. The molecule has 100 valence electrons. The van der Waals surface area contributed by atoms with Crippen LogP contribution in [0.5, 0.6) is 0 Å². The molecule has 0 aliphatic heterocycles. The molecule has 0 spiro atoms. The fourth-order valence-corrected chi connectivity index (χ4v) is 0.948. The van der Waals surface area contributed by atoms with Crippen molar-refractivity contribution >= 4 is 11.8 Å². The smallest absolute Gasteiger partial charge is 0.264 e. The summed E-state index contributed by atoms with van der Waals surface area (Å²) in [6.45, 7) is 2.18. The topological polar surface area (TPSA) is 37.4 Å². The first-order chi connectivity index (χ1) is 7.42. The van der Waals surface area contributed by atoms with Gasteiger partial charge in [-0.05, 0) is 13.3 Å². The van der Waals surface area contributed by atoms with E-state index in [1.54, 1.807) is 0 Å². The molecule has 0 aliphatic carbocycles. The van der Waals surface area contributed by atoms with E-state index in [0.717, 1.165) is 6.92 Å². The lowest BCUT2D eigenvalue weighted by molar-refractivity contribution is -0.206. The molecule has 1 unspecified atom stereocenters. The van der Waals surface area contributed by atoms with Crippen LogP contribution in [0.2, 0.25) is 0 Å². The molecule has 0 N–H and O–H groups in total. The van der Waals surface area contributed by atoms with Gasteiger partial charge in [0.15, 0.2) is 0 Å². The minimum absolute atomic E-state index is 0.219. The fraction of sp³-hybridized carbons (Fsp3) is 0.750. The van der Waals surface area contributed by atoms with Crippen LogP contribution in [0.3, 0.4) is 0 Å². The Morgan fingerprint density at radius 2 is 1.29 bits per heavy atom. The number of alkyl halides is 6. The first kappa shape index (κ1) is 15.7. The molecule has 0 radical (unpaired) electrons. The molecular formula is C8H9F6NO2. The minimum Gasteiger partial charge on any atom is -0.264 e. The summed E-state index contributed by atoms with van der Waals surface area (Å²) >= 11 is 0. The zero-order valence-electron chi connectivity index (χ0n) is 8.82. The molecule has 17 heavy (non-hydrogen) atoms. The van der Waals surface area contributed by atoms with Crippen molar-refractivity contribution in [2.24, 2.45) is 0 Å². The molecule has 9 heteroatoms. The van der Waals surface area contributed by atoms with Gasteiger partial charge in [-0.25, -0.2) is 0 Å². The summed E-state index contributed by atoms with van der Waals surface area (Å²) in [4.78, 5) is 20.7. The quantitative estimate of drug-likeness (QED) is 0.718. The van der Waals surface area contributed by atoms with E-state index in [2.05, 4.69) is 0 Å². The predicted octanol–water partition coefficient (Wildman–Crippen LogP) is 2.26. The first-order valence-electron chi connectivity index (χ1n) is 4.44. The van der Waals surface area contributed by atoms with Gasteiger partial charge < -0.3 is 0 Å². The predicted molar refractivity (Wildman–Crippen MR) is 43.7 cm³/mol. The molecule has 0 aromatic carbocycles. The molecule has 1 atom stereocenters. The van der Waals surface area contributed by atoms with Crippen molar-refractivity contribution in [1.82, 2.24) is 4.90 Å². The standard InChI is InChI=1S/C8H9F6NO2/c1-3-4(2)15(5(16)7(9,10)11)6(17)8(12,13)14/h4H,3H2,1-2H3. The number of amides is 2. The lowest BCUT2D eigenvalue weighted by atomic mass is 10.2. The number of imide groups is 1. The van der Waals surface area contributed by atoms with Crippen LogP contribution in [0, 0.1) is 0 Å². The van der Waals surface area contributed by atoms with Gasteiger partial charge >= 0.3 is 24.2 Å². The van der Waals surface area contributed by atoms with Crippen LogP contribution >= 0.6 is 0 Å². The van der Waals surface area contributed by atoms with Gasteiger partial charge in [0.1, 0.15) is 0 Å². The number of rotatable bonds is 2. The van der Waals surface area contributed by atoms with E-state index in [1.165, 1.54) is 6.92 Å². The highest BCUT2D eigenvalue weighted by Gasteiger charge is 2.53. The van der Waals surface area contributed by atoms with Gasteiger partial charge in [-0.2, -0.15) is 26.3 Å². The van der Waals surface area contributed by atoms with E-state index < -0.39 is 35.1 Å². The van der Waals surface area contributed by atoms with E-state index in [1.807, 2.05) is 0 Å². The maximum absolute atomic E-state index is 12.0. The molecule has 0 bridgehead atoms. The van der Waals surface area contributed by atoms with Gasteiger partial charge in [-0.1, -0.05) is 6.92 Å². The van der Waals surface area contributed by atoms with Gasteiger partial charge in [-0.15, -0.1) is 0 Å². The molecule has 0 aromatic rings. The molecular weight excluding hydrogens is 256 g/mol. The Bertz CT molecular complexity index is 282. The summed E-state index contributed by atoms with van der Waals surface area (Å²) < 4.78 is 72.2. The summed E-state index contributed by atoms with van der Waals surface area (Å²) in [6, 6.07) is -1.49. The maximum Gasteiger partial charge on any atom is 0.471 e. The molecule has 0 saturated carbocycles. The number of carbonyl (C=O) groups is 2. The molecule has 0 aromatic heterocycles. The van der Waals surface area contributed by atoms with Gasteiger partial charge in [0.2, 0.25) is 0 Å². The zero-order chi connectivity index (χ0) is 14.0. The highest BCUT2D eigenvalue weighted by atomic mass is 19.4. The van der Waals surface area contributed by atoms with Crippen molar-refractivity contribution in [3.8, 4) is 0 Å². The molecule has 0 aliphatic rings. The second-order valence-corrected chi connectivity index (χ2v) is 3.23. The maximum atomic E-state index is 12.0. The van der Waals surface area contributed by atoms with E-state index in [-0.39, 0.29) is 6.42 Å².